The molecule has 0 aliphatic carbocycles. The molecule has 0 rings (SSSR count). The maximum atomic E-state index is 13.0. The van der Waals surface area contributed by atoms with E-state index in [1.54, 1.807) is 0 Å². The fourth-order valence-corrected chi connectivity index (χ4v) is 11.2. The van der Waals surface area contributed by atoms with Gasteiger partial charge in [-0.05, 0) is 44.9 Å². The van der Waals surface area contributed by atoms with E-state index in [0.717, 1.165) is 44.9 Å². The molecule has 0 fully saturated rings. The predicted molar refractivity (Wildman–Crippen MR) is 330 cm³/mol. The number of hydrogen-bond donors (Lipinski definition) is 2. The van der Waals surface area contributed by atoms with Crippen molar-refractivity contribution in [3.63, 3.8) is 0 Å². The van der Waals surface area contributed by atoms with Gasteiger partial charge in [0.05, 0.1) is 39.9 Å². The average molecular weight is 1090 g/mol. The van der Waals surface area contributed by atoms with Crippen molar-refractivity contribution in [2.45, 2.75) is 360 Å². The maximum Gasteiger partial charge on any atom is 0.268 e. The molecule has 0 saturated carbocycles. The van der Waals surface area contributed by atoms with Crippen LogP contribution in [0.5, 0.6) is 0 Å². The molecule has 2 N–H and O–H groups in total. The van der Waals surface area contributed by atoms with E-state index in [0.29, 0.717) is 23.9 Å². The third-order valence-corrected chi connectivity index (χ3v) is 16.7. The Balaban J connectivity index is 4.03. The monoisotopic (exact) mass is 1090 g/mol. The quantitative estimate of drug-likeness (QED) is 0.0272. The first-order valence-electron chi connectivity index (χ1n) is 33.7. The number of phosphoric acid groups is 1. The van der Waals surface area contributed by atoms with Gasteiger partial charge in [0.2, 0.25) is 5.91 Å². The number of nitrogens with zero attached hydrogens (tertiary/aromatic N) is 1. The van der Waals surface area contributed by atoms with Crippen molar-refractivity contribution < 1.29 is 32.9 Å². The Hall–Kier alpha value is -1.02. The molecular weight excluding hydrogens is 960 g/mol. The van der Waals surface area contributed by atoms with Gasteiger partial charge >= 0.3 is 0 Å². The number of aliphatic hydroxyl groups excluding tert-OH is 1. The van der Waals surface area contributed by atoms with Gasteiger partial charge in [0.1, 0.15) is 13.2 Å². The summed E-state index contributed by atoms with van der Waals surface area (Å²) in [6.45, 7) is 4.78. The number of amides is 1. The Bertz CT molecular complexity index is 1290. The van der Waals surface area contributed by atoms with Crippen molar-refractivity contribution in [3.05, 3.63) is 24.3 Å². The van der Waals surface area contributed by atoms with Crippen molar-refractivity contribution >= 4 is 13.7 Å². The minimum absolute atomic E-state index is 0.0144. The number of phosphoric ester groups is 1. The number of hydrogen-bond acceptors (Lipinski definition) is 6. The van der Waals surface area contributed by atoms with Crippen LogP contribution in [0.1, 0.15) is 348 Å². The van der Waals surface area contributed by atoms with Gasteiger partial charge in [0.15, 0.2) is 0 Å². The zero-order chi connectivity index (χ0) is 55.6. The minimum Gasteiger partial charge on any atom is -0.756 e. The number of quaternary nitrogens is 1. The van der Waals surface area contributed by atoms with Gasteiger partial charge < -0.3 is 28.8 Å². The van der Waals surface area contributed by atoms with Crippen molar-refractivity contribution in [3.8, 4) is 0 Å². The first-order valence-corrected chi connectivity index (χ1v) is 35.1. The number of nitrogens with one attached hydrogen (secondary N) is 1. The minimum atomic E-state index is -4.58. The highest BCUT2D eigenvalue weighted by Gasteiger charge is 2.24. The Morgan fingerprint density at radius 3 is 1.09 bits per heavy atom. The lowest BCUT2D eigenvalue weighted by Gasteiger charge is -2.30. The summed E-state index contributed by atoms with van der Waals surface area (Å²) in [6, 6.07) is -0.800. The lowest BCUT2D eigenvalue weighted by molar-refractivity contribution is -0.870. The number of carbonyl (C=O) groups excluding carboxylic acids is 1. The van der Waals surface area contributed by atoms with Crippen LogP contribution in [0.15, 0.2) is 24.3 Å². The summed E-state index contributed by atoms with van der Waals surface area (Å²) in [6.07, 6.45) is 75.3. The number of carbonyl (C=O) groups is 1. The second kappa shape index (κ2) is 58.6. The van der Waals surface area contributed by atoms with Crippen LogP contribution in [0.25, 0.3) is 0 Å². The summed E-state index contributed by atoms with van der Waals surface area (Å²) in [5, 5.41) is 14.1. The summed E-state index contributed by atoms with van der Waals surface area (Å²) in [5.74, 6) is -0.158. The van der Waals surface area contributed by atoms with Crippen LogP contribution in [-0.4, -0.2) is 68.5 Å². The Morgan fingerprint density at radius 1 is 0.461 bits per heavy atom. The third-order valence-electron chi connectivity index (χ3n) is 15.7. The van der Waals surface area contributed by atoms with E-state index in [4.69, 9.17) is 9.05 Å². The van der Waals surface area contributed by atoms with E-state index in [9.17, 15) is 19.4 Å². The van der Waals surface area contributed by atoms with Crippen molar-refractivity contribution in [1.29, 1.82) is 0 Å². The van der Waals surface area contributed by atoms with Crippen LogP contribution >= 0.6 is 7.82 Å². The highest BCUT2D eigenvalue weighted by atomic mass is 31.2. The molecule has 3 unspecified atom stereocenters. The molecule has 0 aromatic heterocycles. The van der Waals surface area contributed by atoms with Crippen molar-refractivity contribution in [2.24, 2.45) is 0 Å². The van der Waals surface area contributed by atoms with E-state index < -0.39 is 20.0 Å². The highest BCUT2D eigenvalue weighted by molar-refractivity contribution is 7.45. The van der Waals surface area contributed by atoms with Crippen LogP contribution in [0.3, 0.4) is 0 Å². The van der Waals surface area contributed by atoms with E-state index in [1.807, 2.05) is 21.1 Å². The van der Waals surface area contributed by atoms with E-state index in [-0.39, 0.29) is 19.1 Å². The fourth-order valence-electron chi connectivity index (χ4n) is 10.4. The summed E-state index contributed by atoms with van der Waals surface area (Å²) >= 11 is 0. The fraction of sp³-hybridized carbons (Fsp3) is 0.925. The topological polar surface area (TPSA) is 108 Å². The summed E-state index contributed by atoms with van der Waals surface area (Å²) in [7, 11) is 1.32. The molecule has 0 aliphatic rings. The Labute approximate surface area is 474 Å². The zero-order valence-corrected chi connectivity index (χ0v) is 52.6. The van der Waals surface area contributed by atoms with Gasteiger partial charge in [-0.15, -0.1) is 0 Å². The molecule has 0 spiro atoms. The Morgan fingerprint density at radius 2 is 0.763 bits per heavy atom. The lowest BCUT2D eigenvalue weighted by atomic mass is 10.0. The van der Waals surface area contributed by atoms with Gasteiger partial charge in [-0.1, -0.05) is 321 Å². The van der Waals surface area contributed by atoms with Crippen LogP contribution in [-0.2, 0) is 18.4 Å². The number of likely N-dealkylation sites (N-methyl/N-ethyl adjacent to an activating group) is 1. The third kappa shape index (κ3) is 60.6. The molecule has 452 valence electrons. The van der Waals surface area contributed by atoms with E-state index in [2.05, 4.69) is 43.5 Å². The molecule has 9 heteroatoms. The summed E-state index contributed by atoms with van der Waals surface area (Å²) < 4.78 is 23.5. The largest absolute Gasteiger partial charge is 0.756 e. The number of unbranched alkanes of at least 4 members (excludes halogenated alkanes) is 46. The number of rotatable bonds is 63. The smallest absolute Gasteiger partial charge is 0.268 e. The van der Waals surface area contributed by atoms with Gasteiger partial charge in [0.25, 0.3) is 7.82 Å². The molecule has 3 atom stereocenters. The molecule has 0 aliphatic heterocycles. The maximum absolute atomic E-state index is 13.0. The lowest BCUT2D eigenvalue weighted by Crippen LogP contribution is -2.46. The molecule has 0 aromatic carbocycles. The molecule has 0 aromatic rings. The van der Waals surface area contributed by atoms with Crippen LogP contribution < -0.4 is 10.2 Å². The molecule has 0 bridgehead atoms. The summed E-state index contributed by atoms with van der Waals surface area (Å²) in [5.41, 5.74) is 0. The average Bonchev–Trinajstić information content (AvgIpc) is 3.38. The van der Waals surface area contributed by atoms with Gasteiger partial charge in [-0.25, -0.2) is 0 Å². The zero-order valence-electron chi connectivity index (χ0n) is 51.7. The molecule has 0 radical (unpaired) electrons. The second-order valence-corrected chi connectivity index (χ2v) is 25.9. The first kappa shape index (κ1) is 75.0. The predicted octanol–water partition coefficient (Wildman–Crippen LogP) is 20.5. The van der Waals surface area contributed by atoms with Gasteiger partial charge in [0, 0.05) is 6.42 Å². The van der Waals surface area contributed by atoms with Gasteiger partial charge in [-0.3, -0.25) is 9.36 Å². The van der Waals surface area contributed by atoms with E-state index >= 15 is 0 Å². The first-order chi connectivity index (χ1) is 37.0. The molecule has 0 saturated heterocycles. The van der Waals surface area contributed by atoms with Crippen LogP contribution in [0.2, 0.25) is 0 Å². The van der Waals surface area contributed by atoms with Crippen molar-refractivity contribution in [1.82, 2.24) is 5.32 Å². The van der Waals surface area contributed by atoms with Crippen molar-refractivity contribution in [2.75, 3.05) is 40.9 Å². The van der Waals surface area contributed by atoms with Gasteiger partial charge in [-0.2, -0.15) is 0 Å². The molecule has 1 amide bonds. The van der Waals surface area contributed by atoms with Crippen LogP contribution in [0, 0.1) is 0 Å². The van der Waals surface area contributed by atoms with Crippen LogP contribution in [0.4, 0.5) is 0 Å². The second-order valence-electron chi connectivity index (χ2n) is 24.5. The molecule has 0 heterocycles. The Kier molecular flexibility index (Phi) is 57.8. The molecule has 76 heavy (non-hydrogen) atoms. The number of aliphatic hydroxyl groups is 1. The normalized spacial score (nSPS) is 13.8. The standard InChI is InChI=1S/C67H133N2O6P/c1-6-8-10-12-14-16-18-20-22-24-26-28-30-31-32-33-34-35-36-37-39-41-43-45-47-49-51-53-55-57-59-61-67(71)68-65(64-75-76(72,73)74-63-62-69(3,4)5)66(70)60-58-56-54-52-50-48-46-44-42-40-38-29-27-25-23-21-19-17-15-13-11-9-7-2/h26,28,31-32,65-66,70H,6-25,27,29-30,33-64H2,1-5H3,(H-,68,71,72,73)/b28-26-,32-31-. The molecular formula is C67H133N2O6P. The van der Waals surface area contributed by atoms with E-state index in [1.165, 1.54) is 276 Å². The molecule has 8 nitrogen and oxygen atoms in total. The summed E-state index contributed by atoms with van der Waals surface area (Å²) in [4.78, 5) is 25.6. The highest BCUT2D eigenvalue weighted by Crippen LogP contribution is 2.38. The number of allylic oxidation sites excluding steroid dienone is 4. The SMILES string of the molecule is CCCCCCCCCCC/C=C\C/C=C\CCCCCCCCCCCCCCCCCC(=O)NC(COP(=O)([O-])OCC[N+](C)(C)C)C(O)CCCCCCCCCCCCCCCCCCCCCCCCC.